The zero-order valence-corrected chi connectivity index (χ0v) is 12.3. The van der Waals surface area contributed by atoms with E-state index < -0.39 is 11.7 Å². The van der Waals surface area contributed by atoms with Crippen LogP contribution in [0.4, 0.5) is 4.39 Å². The monoisotopic (exact) mass is 306 g/mol. The van der Waals surface area contributed by atoms with Gasteiger partial charge in [0, 0.05) is 19.2 Å². The van der Waals surface area contributed by atoms with E-state index in [9.17, 15) is 14.0 Å². The van der Waals surface area contributed by atoms with Gasteiger partial charge in [0.2, 0.25) is 5.91 Å². The fourth-order valence-electron chi connectivity index (χ4n) is 1.74. The van der Waals surface area contributed by atoms with Gasteiger partial charge < -0.3 is 10.2 Å². The van der Waals surface area contributed by atoms with E-state index in [1.165, 1.54) is 24.3 Å². The van der Waals surface area contributed by atoms with Gasteiger partial charge in [0.05, 0.1) is 6.54 Å². The number of rotatable bonds is 5. The fraction of sp³-hybridized carbons (Fsp3) is 0.200. The minimum absolute atomic E-state index is 0.0865. The highest BCUT2D eigenvalue weighted by Crippen LogP contribution is 2.08. The van der Waals surface area contributed by atoms with Gasteiger partial charge >= 0.3 is 0 Å². The molecule has 2 rings (SSSR count). The SMILES string of the molecule is CN(Cc1ccsc1)C(=O)CNC(=O)c1ccc(F)cc1. The predicted octanol–water partition coefficient (Wildman–Crippen LogP) is 2.28. The molecule has 2 amide bonds. The number of nitrogens with one attached hydrogen (secondary N) is 1. The van der Waals surface area contributed by atoms with Gasteiger partial charge in [0.25, 0.3) is 5.91 Å². The summed E-state index contributed by atoms with van der Waals surface area (Å²) < 4.78 is 12.8. The lowest BCUT2D eigenvalue weighted by Crippen LogP contribution is -2.37. The second-order valence-corrected chi connectivity index (χ2v) is 5.35. The first-order valence-corrected chi connectivity index (χ1v) is 7.29. The molecular weight excluding hydrogens is 291 g/mol. The van der Waals surface area contributed by atoms with E-state index in [1.54, 1.807) is 23.3 Å². The van der Waals surface area contributed by atoms with Gasteiger partial charge in [0.1, 0.15) is 5.82 Å². The van der Waals surface area contributed by atoms with Crippen molar-refractivity contribution in [1.82, 2.24) is 10.2 Å². The topological polar surface area (TPSA) is 49.4 Å². The molecule has 2 aromatic rings. The first kappa shape index (κ1) is 15.2. The Balaban J connectivity index is 1.83. The largest absolute Gasteiger partial charge is 0.343 e. The van der Waals surface area contributed by atoms with E-state index in [4.69, 9.17) is 0 Å². The van der Waals surface area contributed by atoms with Gasteiger partial charge in [0.15, 0.2) is 0 Å². The van der Waals surface area contributed by atoms with Crippen LogP contribution in [0.3, 0.4) is 0 Å². The maximum atomic E-state index is 12.8. The molecule has 110 valence electrons. The summed E-state index contributed by atoms with van der Waals surface area (Å²) in [6.07, 6.45) is 0. The number of likely N-dealkylation sites (N-methyl/N-ethyl adjacent to an activating group) is 1. The van der Waals surface area contributed by atoms with Crippen molar-refractivity contribution in [2.24, 2.45) is 0 Å². The van der Waals surface area contributed by atoms with Crippen LogP contribution in [-0.2, 0) is 11.3 Å². The van der Waals surface area contributed by atoms with Crippen LogP contribution in [0.2, 0.25) is 0 Å². The van der Waals surface area contributed by atoms with E-state index in [0.29, 0.717) is 12.1 Å². The summed E-state index contributed by atoms with van der Waals surface area (Å²) in [4.78, 5) is 25.3. The number of halogens is 1. The Labute approximate surface area is 126 Å². The number of hydrogen-bond donors (Lipinski definition) is 1. The smallest absolute Gasteiger partial charge is 0.251 e. The van der Waals surface area contributed by atoms with Crippen LogP contribution in [0.15, 0.2) is 41.1 Å². The van der Waals surface area contributed by atoms with E-state index >= 15 is 0 Å². The highest BCUT2D eigenvalue weighted by molar-refractivity contribution is 7.07. The highest BCUT2D eigenvalue weighted by atomic mass is 32.1. The second-order valence-electron chi connectivity index (χ2n) is 4.57. The molecule has 0 bridgehead atoms. The molecule has 6 heteroatoms. The molecule has 0 saturated heterocycles. The molecule has 0 atom stereocenters. The van der Waals surface area contributed by atoms with E-state index in [-0.39, 0.29) is 12.5 Å². The van der Waals surface area contributed by atoms with Crippen molar-refractivity contribution < 1.29 is 14.0 Å². The van der Waals surface area contributed by atoms with Crippen molar-refractivity contribution in [1.29, 1.82) is 0 Å². The summed E-state index contributed by atoms with van der Waals surface area (Å²) in [6, 6.07) is 7.12. The molecule has 21 heavy (non-hydrogen) atoms. The first-order valence-electron chi connectivity index (χ1n) is 6.35. The Morgan fingerprint density at radius 3 is 2.57 bits per heavy atom. The summed E-state index contributed by atoms with van der Waals surface area (Å²) in [5, 5.41) is 6.45. The zero-order chi connectivity index (χ0) is 15.2. The Morgan fingerprint density at radius 2 is 1.95 bits per heavy atom. The maximum absolute atomic E-state index is 12.8. The molecule has 0 aliphatic carbocycles. The lowest BCUT2D eigenvalue weighted by Gasteiger charge is -2.16. The average Bonchev–Trinajstić information content (AvgIpc) is 2.98. The van der Waals surface area contributed by atoms with Crippen molar-refractivity contribution in [2.75, 3.05) is 13.6 Å². The molecule has 1 heterocycles. The van der Waals surface area contributed by atoms with Gasteiger partial charge in [-0.15, -0.1) is 0 Å². The normalized spacial score (nSPS) is 10.2. The van der Waals surface area contributed by atoms with Gasteiger partial charge in [-0.2, -0.15) is 11.3 Å². The summed E-state index contributed by atoms with van der Waals surface area (Å²) in [5.74, 6) is -0.984. The van der Waals surface area contributed by atoms with E-state index in [2.05, 4.69) is 5.32 Å². The molecule has 0 unspecified atom stereocenters. The standard InChI is InChI=1S/C15H15FN2O2S/c1-18(9-11-6-7-21-10-11)14(19)8-17-15(20)12-2-4-13(16)5-3-12/h2-7,10H,8-9H2,1H3,(H,17,20). The molecule has 0 fully saturated rings. The highest BCUT2D eigenvalue weighted by Gasteiger charge is 2.12. The average molecular weight is 306 g/mol. The number of thiophene rings is 1. The number of carbonyl (C=O) groups excluding carboxylic acids is 2. The third-order valence-electron chi connectivity index (χ3n) is 2.93. The number of amides is 2. The molecule has 1 aromatic carbocycles. The van der Waals surface area contributed by atoms with Crippen LogP contribution < -0.4 is 5.32 Å². The van der Waals surface area contributed by atoms with Crippen LogP contribution >= 0.6 is 11.3 Å². The Hall–Kier alpha value is -2.21. The number of nitrogens with zero attached hydrogens (tertiary/aromatic N) is 1. The molecule has 1 aromatic heterocycles. The Bertz CT molecular complexity index is 611. The van der Waals surface area contributed by atoms with Crippen LogP contribution in [0.1, 0.15) is 15.9 Å². The molecule has 0 saturated carbocycles. The zero-order valence-electron chi connectivity index (χ0n) is 11.5. The van der Waals surface area contributed by atoms with Crippen molar-refractivity contribution in [3.8, 4) is 0 Å². The van der Waals surface area contributed by atoms with Gasteiger partial charge in [-0.1, -0.05) is 0 Å². The van der Waals surface area contributed by atoms with Crippen molar-refractivity contribution in [3.05, 3.63) is 58.0 Å². The Kier molecular flexibility index (Phi) is 5.05. The summed E-state index contributed by atoms with van der Waals surface area (Å²) >= 11 is 1.57. The third-order valence-corrected chi connectivity index (χ3v) is 3.66. The lowest BCUT2D eigenvalue weighted by atomic mass is 10.2. The molecule has 0 aliphatic heterocycles. The minimum Gasteiger partial charge on any atom is -0.343 e. The molecule has 0 radical (unpaired) electrons. The third kappa shape index (κ3) is 4.39. The van der Waals surface area contributed by atoms with Crippen LogP contribution in [0.5, 0.6) is 0 Å². The van der Waals surface area contributed by atoms with Crippen molar-refractivity contribution >= 4 is 23.2 Å². The fourth-order valence-corrected chi connectivity index (χ4v) is 2.40. The molecule has 4 nitrogen and oxygen atoms in total. The number of carbonyl (C=O) groups is 2. The van der Waals surface area contributed by atoms with Gasteiger partial charge in [-0.25, -0.2) is 4.39 Å². The minimum atomic E-state index is -0.405. The van der Waals surface area contributed by atoms with Crippen LogP contribution in [-0.4, -0.2) is 30.3 Å². The first-order chi connectivity index (χ1) is 10.1. The summed E-state index contributed by atoms with van der Waals surface area (Å²) in [6.45, 7) is 0.422. The van der Waals surface area contributed by atoms with Crippen molar-refractivity contribution in [3.63, 3.8) is 0 Å². The second kappa shape index (κ2) is 6.99. The lowest BCUT2D eigenvalue weighted by molar-refractivity contribution is -0.129. The molecule has 1 N–H and O–H groups in total. The van der Waals surface area contributed by atoms with Gasteiger partial charge in [-0.3, -0.25) is 9.59 Å². The van der Waals surface area contributed by atoms with Crippen LogP contribution in [0, 0.1) is 5.82 Å². The number of hydrogen-bond acceptors (Lipinski definition) is 3. The molecule has 0 spiro atoms. The predicted molar refractivity (Wildman–Crippen MR) is 79.5 cm³/mol. The summed E-state index contributed by atoms with van der Waals surface area (Å²) in [5.41, 5.74) is 1.38. The molecule has 0 aliphatic rings. The summed E-state index contributed by atoms with van der Waals surface area (Å²) in [7, 11) is 1.68. The van der Waals surface area contributed by atoms with E-state index in [1.807, 2.05) is 16.8 Å². The number of benzene rings is 1. The Morgan fingerprint density at radius 1 is 1.24 bits per heavy atom. The maximum Gasteiger partial charge on any atom is 0.251 e. The van der Waals surface area contributed by atoms with E-state index in [0.717, 1.165) is 5.56 Å². The van der Waals surface area contributed by atoms with Crippen LogP contribution in [0.25, 0.3) is 0 Å². The van der Waals surface area contributed by atoms with Crippen molar-refractivity contribution in [2.45, 2.75) is 6.54 Å². The quantitative estimate of drug-likeness (QED) is 0.921. The van der Waals surface area contributed by atoms with Gasteiger partial charge in [-0.05, 0) is 46.7 Å². The molecular formula is C15H15FN2O2S.